The van der Waals surface area contributed by atoms with Crippen molar-refractivity contribution in [1.29, 1.82) is 0 Å². The number of aryl methyl sites for hydroxylation is 3. The second kappa shape index (κ2) is 5.59. The predicted octanol–water partition coefficient (Wildman–Crippen LogP) is 1.84. The topological polar surface area (TPSA) is 65.1 Å². The Morgan fingerprint density at radius 1 is 1.04 bits per heavy atom. The number of benzene rings is 1. The fourth-order valence-electron chi connectivity index (χ4n) is 3.69. The predicted molar refractivity (Wildman–Crippen MR) is 102 cm³/mol. The Kier molecular flexibility index (Phi) is 3.57. The summed E-state index contributed by atoms with van der Waals surface area (Å²) in [5, 5.41) is 0. The summed E-state index contributed by atoms with van der Waals surface area (Å²) in [5.41, 5.74) is 3.79. The van der Waals surface area contributed by atoms with E-state index in [1.165, 1.54) is 22.7 Å². The molecule has 3 aromatic rings. The minimum Gasteiger partial charge on any atom is -0.312 e. The number of nitrogens with zero attached hydrogens (tertiary/aromatic N) is 5. The van der Waals surface area contributed by atoms with Crippen LogP contribution in [0.15, 0.2) is 27.8 Å². The Morgan fingerprint density at radius 2 is 1.77 bits per heavy atom. The summed E-state index contributed by atoms with van der Waals surface area (Å²) in [6, 6.07) is 6.33. The van der Waals surface area contributed by atoms with Crippen molar-refractivity contribution < 1.29 is 0 Å². The monoisotopic (exact) mass is 353 g/mol. The number of fused-ring (bicyclic) bond motifs is 3. The van der Waals surface area contributed by atoms with Crippen molar-refractivity contribution in [2.24, 2.45) is 20.0 Å². The first-order valence-electron chi connectivity index (χ1n) is 8.80. The molecule has 0 aliphatic carbocycles. The summed E-state index contributed by atoms with van der Waals surface area (Å²) in [4.78, 5) is 31.9. The lowest BCUT2D eigenvalue weighted by Gasteiger charge is -2.33. The third kappa shape index (κ3) is 2.23. The maximum atomic E-state index is 12.8. The van der Waals surface area contributed by atoms with E-state index in [-0.39, 0.29) is 11.2 Å². The van der Waals surface area contributed by atoms with Gasteiger partial charge < -0.3 is 9.47 Å². The molecule has 1 aliphatic rings. The normalized spacial score (nSPS) is 17.0. The van der Waals surface area contributed by atoms with E-state index in [4.69, 9.17) is 4.98 Å². The van der Waals surface area contributed by atoms with E-state index >= 15 is 0 Å². The van der Waals surface area contributed by atoms with Gasteiger partial charge in [0.15, 0.2) is 11.2 Å². The van der Waals surface area contributed by atoms with E-state index in [2.05, 4.69) is 43.9 Å². The van der Waals surface area contributed by atoms with Crippen LogP contribution >= 0.6 is 0 Å². The SMILES string of the molecule is Cc1ccc(N2C[C@@H](C)Cn3c2nc2c3c(=O)n(C)c(=O)n2C)cc1C. The van der Waals surface area contributed by atoms with Crippen molar-refractivity contribution in [1.82, 2.24) is 18.7 Å². The van der Waals surface area contributed by atoms with E-state index in [0.717, 1.165) is 22.7 Å². The third-order valence-corrected chi connectivity index (χ3v) is 5.36. The molecule has 0 unspecified atom stereocenters. The fraction of sp³-hybridized carbons (Fsp3) is 0.421. The van der Waals surface area contributed by atoms with E-state index in [0.29, 0.717) is 23.6 Å². The van der Waals surface area contributed by atoms with Crippen LogP contribution in [0.3, 0.4) is 0 Å². The molecule has 0 fully saturated rings. The van der Waals surface area contributed by atoms with Crippen molar-refractivity contribution >= 4 is 22.8 Å². The first kappa shape index (κ1) is 16.6. The molecule has 3 heterocycles. The first-order valence-corrected chi connectivity index (χ1v) is 8.80. The fourth-order valence-corrected chi connectivity index (χ4v) is 3.69. The summed E-state index contributed by atoms with van der Waals surface area (Å²) < 4.78 is 4.56. The zero-order valence-corrected chi connectivity index (χ0v) is 15.8. The van der Waals surface area contributed by atoms with Gasteiger partial charge in [-0.1, -0.05) is 13.0 Å². The minimum atomic E-state index is -0.358. The van der Waals surface area contributed by atoms with Crippen LogP contribution in [0.25, 0.3) is 11.2 Å². The van der Waals surface area contributed by atoms with Gasteiger partial charge in [-0.05, 0) is 43.0 Å². The van der Waals surface area contributed by atoms with Gasteiger partial charge in [-0.3, -0.25) is 13.9 Å². The van der Waals surface area contributed by atoms with Crippen LogP contribution in [0.2, 0.25) is 0 Å². The summed E-state index contributed by atoms with van der Waals surface area (Å²) in [6.07, 6.45) is 0. The van der Waals surface area contributed by atoms with Crippen LogP contribution in [-0.4, -0.2) is 25.2 Å². The van der Waals surface area contributed by atoms with Crippen LogP contribution in [0.4, 0.5) is 11.6 Å². The van der Waals surface area contributed by atoms with E-state index in [9.17, 15) is 9.59 Å². The second-order valence-corrected chi connectivity index (χ2v) is 7.38. The molecule has 0 saturated carbocycles. The second-order valence-electron chi connectivity index (χ2n) is 7.38. The van der Waals surface area contributed by atoms with Crippen molar-refractivity contribution in [3.05, 3.63) is 50.2 Å². The molecule has 7 heteroatoms. The van der Waals surface area contributed by atoms with Gasteiger partial charge in [0.25, 0.3) is 5.56 Å². The van der Waals surface area contributed by atoms with Crippen LogP contribution in [0, 0.1) is 19.8 Å². The Hall–Kier alpha value is -2.83. The summed E-state index contributed by atoms with van der Waals surface area (Å²) in [7, 11) is 3.17. The molecule has 0 saturated heterocycles. The molecule has 1 atom stereocenters. The Balaban J connectivity index is 2.03. The number of hydrogen-bond donors (Lipinski definition) is 0. The van der Waals surface area contributed by atoms with Gasteiger partial charge in [-0.2, -0.15) is 4.98 Å². The average molecular weight is 353 g/mol. The molecule has 0 radical (unpaired) electrons. The van der Waals surface area contributed by atoms with Gasteiger partial charge in [0.2, 0.25) is 5.95 Å². The quantitative estimate of drug-likeness (QED) is 0.670. The van der Waals surface area contributed by atoms with Crippen LogP contribution < -0.4 is 16.1 Å². The summed E-state index contributed by atoms with van der Waals surface area (Å²) >= 11 is 0. The van der Waals surface area contributed by atoms with Gasteiger partial charge in [0.05, 0.1) is 0 Å². The number of imidazole rings is 1. The Morgan fingerprint density at radius 3 is 2.46 bits per heavy atom. The Bertz CT molecular complexity index is 1150. The lowest BCUT2D eigenvalue weighted by molar-refractivity contribution is 0.458. The average Bonchev–Trinajstić information content (AvgIpc) is 2.99. The number of anilines is 2. The summed E-state index contributed by atoms with van der Waals surface area (Å²) in [6.45, 7) is 7.87. The molecule has 0 spiro atoms. The molecule has 1 aliphatic heterocycles. The molecule has 0 amide bonds. The highest BCUT2D eigenvalue weighted by molar-refractivity contribution is 5.77. The van der Waals surface area contributed by atoms with Gasteiger partial charge in [0.1, 0.15) is 0 Å². The van der Waals surface area contributed by atoms with Crippen molar-refractivity contribution in [3.63, 3.8) is 0 Å². The molecule has 26 heavy (non-hydrogen) atoms. The lowest BCUT2D eigenvalue weighted by atomic mass is 10.1. The van der Waals surface area contributed by atoms with Crippen molar-refractivity contribution in [2.75, 3.05) is 11.4 Å². The minimum absolute atomic E-state index is 0.295. The highest BCUT2D eigenvalue weighted by atomic mass is 16.2. The zero-order valence-electron chi connectivity index (χ0n) is 15.8. The van der Waals surface area contributed by atoms with E-state index in [1.54, 1.807) is 7.05 Å². The molecular weight excluding hydrogens is 330 g/mol. The largest absolute Gasteiger partial charge is 0.332 e. The van der Waals surface area contributed by atoms with E-state index in [1.807, 2.05) is 4.57 Å². The molecule has 0 bridgehead atoms. The molecular formula is C19H23N5O2. The Labute approximate surface area is 151 Å². The molecule has 1 aromatic carbocycles. The number of rotatable bonds is 1. The van der Waals surface area contributed by atoms with Gasteiger partial charge in [-0.25, -0.2) is 4.79 Å². The smallest absolute Gasteiger partial charge is 0.312 e. The molecule has 2 aromatic heterocycles. The molecule has 0 N–H and O–H groups in total. The van der Waals surface area contributed by atoms with Crippen LogP contribution in [0.1, 0.15) is 18.1 Å². The third-order valence-electron chi connectivity index (χ3n) is 5.36. The maximum absolute atomic E-state index is 12.8. The van der Waals surface area contributed by atoms with Gasteiger partial charge in [0, 0.05) is 32.9 Å². The summed E-state index contributed by atoms with van der Waals surface area (Å²) in [5.74, 6) is 1.07. The molecule has 136 valence electrons. The van der Waals surface area contributed by atoms with Gasteiger partial charge in [-0.15, -0.1) is 0 Å². The highest BCUT2D eigenvalue weighted by Crippen LogP contribution is 2.33. The standard InChI is InChI=1S/C19H23N5O2/c1-11-9-23(14-7-6-12(2)13(3)8-14)18-20-16-15(24(18)10-11)17(25)22(5)19(26)21(16)4/h6-8,11H,9-10H2,1-5H3/t11-/m1/s1. The van der Waals surface area contributed by atoms with Crippen molar-refractivity contribution in [2.45, 2.75) is 27.3 Å². The molecule has 4 rings (SSSR count). The van der Waals surface area contributed by atoms with Crippen LogP contribution in [0.5, 0.6) is 0 Å². The number of hydrogen-bond acceptors (Lipinski definition) is 4. The lowest BCUT2D eigenvalue weighted by Crippen LogP contribution is -2.38. The number of aromatic nitrogens is 4. The first-order chi connectivity index (χ1) is 12.3. The van der Waals surface area contributed by atoms with E-state index < -0.39 is 0 Å². The van der Waals surface area contributed by atoms with Crippen LogP contribution in [-0.2, 0) is 20.6 Å². The van der Waals surface area contributed by atoms with Crippen molar-refractivity contribution in [3.8, 4) is 0 Å². The maximum Gasteiger partial charge on any atom is 0.332 e. The van der Waals surface area contributed by atoms with Gasteiger partial charge >= 0.3 is 5.69 Å². The zero-order chi connectivity index (χ0) is 18.7. The highest BCUT2D eigenvalue weighted by Gasteiger charge is 2.29. The molecule has 7 nitrogen and oxygen atoms in total.